The highest BCUT2D eigenvalue weighted by Crippen LogP contribution is 2.27. The average Bonchev–Trinajstić information content (AvgIpc) is 3.02. The predicted molar refractivity (Wildman–Crippen MR) is 110 cm³/mol. The second-order valence-electron chi connectivity index (χ2n) is 8.48. The Morgan fingerprint density at radius 1 is 1.28 bits per heavy atom. The lowest BCUT2D eigenvalue weighted by molar-refractivity contribution is 0.0636. The van der Waals surface area contributed by atoms with Gasteiger partial charge in [0.1, 0.15) is 17.1 Å². The molecule has 1 aliphatic heterocycles. The van der Waals surface area contributed by atoms with Crippen LogP contribution in [0.1, 0.15) is 27.7 Å². The van der Waals surface area contributed by atoms with Crippen molar-refractivity contribution in [2.75, 3.05) is 23.3 Å². The van der Waals surface area contributed by atoms with Gasteiger partial charge in [-0.1, -0.05) is 6.92 Å². The quantitative estimate of drug-likeness (QED) is 0.711. The van der Waals surface area contributed by atoms with Crippen molar-refractivity contribution in [3.8, 4) is 5.69 Å². The zero-order chi connectivity index (χ0) is 20.8. The summed E-state index contributed by atoms with van der Waals surface area (Å²) in [5.74, 6) is 0.229. The zero-order valence-corrected chi connectivity index (χ0v) is 16.9. The number of amides is 1. The van der Waals surface area contributed by atoms with E-state index in [9.17, 15) is 9.18 Å². The molecule has 152 valence electrons. The first kappa shape index (κ1) is 19.2. The highest BCUT2D eigenvalue weighted by atomic mass is 19.1. The monoisotopic (exact) mass is 397 g/mol. The third kappa shape index (κ3) is 4.16. The molecular weight excluding hydrogens is 373 g/mol. The molecule has 1 aromatic carbocycles. The van der Waals surface area contributed by atoms with E-state index in [1.165, 1.54) is 22.9 Å². The third-order valence-corrected chi connectivity index (χ3v) is 4.61. The van der Waals surface area contributed by atoms with Gasteiger partial charge in [0.15, 0.2) is 5.65 Å². The SMILES string of the molecule is CC1CN(c2cnc3nn(-c4cc(NC(=O)OC(C)(C)C)ccc4F)cc3c2)C1. The topological polar surface area (TPSA) is 72.3 Å². The van der Waals surface area contributed by atoms with Gasteiger partial charge in [-0.25, -0.2) is 18.9 Å². The number of halogens is 1. The summed E-state index contributed by atoms with van der Waals surface area (Å²) in [6.45, 7) is 9.56. The first-order valence-electron chi connectivity index (χ1n) is 9.58. The summed E-state index contributed by atoms with van der Waals surface area (Å²) < 4.78 is 21.2. The second-order valence-corrected chi connectivity index (χ2v) is 8.48. The van der Waals surface area contributed by atoms with Crippen molar-refractivity contribution in [1.29, 1.82) is 0 Å². The predicted octanol–water partition coefficient (Wildman–Crippen LogP) is 4.36. The molecule has 0 bridgehead atoms. The molecule has 0 radical (unpaired) electrons. The molecule has 4 rings (SSSR count). The Bertz CT molecular complexity index is 1070. The molecule has 1 N–H and O–H groups in total. The van der Waals surface area contributed by atoms with E-state index in [4.69, 9.17) is 4.74 Å². The lowest BCUT2D eigenvalue weighted by atomic mass is 10.0. The number of rotatable bonds is 3. The maximum Gasteiger partial charge on any atom is 0.412 e. The Labute approximate surface area is 168 Å². The second kappa shape index (κ2) is 7.02. The summed E-state index contributed by atoms with van der Waals surface area (Å²) >= 11 is 0. The number of hydrogen-bond donors (Lipinski definition) is 1. The fraction of sp³-hybridized carbons (Fsp3) is 0.381. The third-order valence-electron chi connectivity index (χ3n) is 4.61. The number of ether oxygens (including phenoxy) is 1. The molecule has 0 atom stereocenters. The van der Waals surface area contributed by atoms with Crippen LogP contribution in [-0.4, -0.2) is 39.5 Å². The van der Waals surface area contributed by atoms with Crippen LogP contribution in [0.4, 0.5) is 20.6 Å². The fourth-order valence-electron chi connectivity index (χ4n) is 3.30. The number of carbonyl (C=O) groups excluding carboxylic acids is 1. The van der Waals surface area contributed by atoms with Crippen LogP contribution in [-0.2, 0) is 4.74 Å². The molecule has 0 aliphatic carbocycles. The van der Waals surface area contributed by atoms with Crippen molar-refractivity contribution in [2.45, 2.75) is 33.3 Å². The highest BCUT2D eigenvalue weighted by molar-refractivity contribution is 5.85. The number of anilines is 2. The Kier molecular flexibility index (Phi) is 4.64. The lowest BCUT2D eigenvalue weighted by Crippen LogP contribution is -2.45. The van der Waals surface area contributed by atoms with E-state index in [1.54, 1.807) is 33.2 Å². The number of nitrogens with zero attached hydrogens (tertiary/aromatic N) is 4. The molecule has 3 aromatic rings. The molecule has 8 heteroatoms. The van der Waals surface area contributed by atoms with E-state index >= 15 is 0 Å². The Hall–Kier alpha value is -3.16. The van der Waals surface area contributed by atoms with Gasteiger partial charge in [0.25, 0.3) is 0 Å². The minimum absolute atomic E-state index is 0.218. The van der Waals surface area contributed by atoms with Crippen LogP contribution < -0.4 is 10.2 Å². The first-order chi connectivity index (χ1) is 13.7. The van der Waals surface area contributed by atoms with E-state index in [2.05, 4.69) is 27.2 Å². The van der Waals surface area contributed by atoms with E-state index in [1.807, 2.05) is 6.07 Å². The smallest absolute Gasteiger partial charge is 0.412 e. The van der Waals surface area contributed by atoms with Crippen molar-refractivity contribution in [3.05, 3.63) is 42.5 Å². The molecule has 0 saturated carbocycles. The number of fused-ring (bicyclic) bond motifs is 1. The zero-order valence-electron chi connectivity index (χ0n) is 16.9. The van der Waals surface area contributed by atoms with E-state index in [-0.39, 0.29) is 5.69 Å². The number of nitrogens with one attached hydrogen (secondary N) is 1. The van der Waals surface area contributed by atoms with Crippen LogP contribution >= 0.6 is 0 Å². The molecule has 2 aromatic heterocycles. The van der Waals surface area contributed by atoms with E-state index in [0.29, 0.717) is 17.3 Å². The Balaban J connectivity index is 1.60. The van der Waals surface area contributed by atoms with E-state index in [0.717, 1.165) is 24.2 Å². The number of pyridine rings is 1. The summed E-state index contributed by atoms with van der Waals surface area (Å²) in [6, 6.07) is 6.30. The van der Waals surface area contributed by atoms with E-state index < -0.39 is 17.5 Å². The minimum atomic E-state index is -0.621. The molecule has 3 heterocycles. The van der Waals surface area contributed by atoms with Crippen molar-refractivity contribution in [1.82, 2.24) is 14.8 Å². The van der Waals surface area contributed by atoms with Gasteiger partial charge in [0.2, 0.25) is 0 Å². The highest BCUT2D eigenvalue weighted by Gasteiger charge is 2.23. The molecule has 0 unspecified atom stereocenters. The summed E-state index contributed by atoms with van der Waals surface area (Å²) in [5, 5.41) is 7.83. The van der Waals surface area contributed by atoms with Crippen LogP contribution in [0.15, 0.2) is 36.7 Å². The van der Waals surface area contributed by atoms with Crippen LogP contribution in [0.2, 0.25) is 0 Å². The summed E-state index contributed by atoms with van der Waals surface area (Å²) in [7, 11) is 0. The first-order valence-corrected chi connectivity index (χ1v) is 9.58. The van der Waals surface area contributed by atoms with Crippen molar-refractivity contribution in [3.63, 3.8) is 0 Å². The molecule has 7 nitrogen and oxygen atoms in total. The lowest BCUT2D eigenvalue weighted by Gasteiger charge is -2.38. The molecule has 1 aliphatic rings. The number of aromatic nitrogens is 3. The van der Waals surface area contributed by atoms with Crippen LogP contribution in [0.5, 0.6) is 0 Å². The number of carbonyl (C=O) groups is 1. The van der Waals surface area contributed by atoms with Crippen molar-refractivity contribution < 1.29 is 13.9 Å². The minimum Gasteiger partial charge on any atom is -0.444 e. The van der Waals surface area contributed by atoms with Gasteiger partial charge in [-0.15, -0.1) is 5.10 Å². The van der Waals surface area contributed by atoms with Gasteiger partial charge < -0.3 is 9.64 Å². The normalized spacial score (nSPS) is 14.7. The van der Waals surface area contributed by atoms with Gasteiger partial charge in [-0.3, -0.25) is 5.32 Å². The Morgan fingerprint density at radius 2 is 2.03 bits per heavy atom. The summed E-state index contributed by atoms with van der Waals surface area (Å²) in [4.78, 5) is 18.7. The van der Waals surface area contributed by atoms with Crippen LogP contribution in [0.3, 0.4) is 0 Å². The summed E-state index contributed by atoms with van der Waals surface area (Å²) in [6.07, 6.45) is 2.93. The van der Waals surface area contributed by atoms with Crippen molar-refractivity contribution >= 4 is 28.5 Å². The van der Waals surface area contributed by atoms with Crippen molar-refractivity contribution in [2.24, 2.45) is 5.92 Å². The molecule has 1 fully saturated rings. The summed E-state index contributed by atoms with van der Waals surface area (Å²) in [5.41, 5.74) is 1.59. The maximum absolute atomic E-state index is 14.5. The van der Waals surface area contributed by atoms with Gasteiger partial charge >= 0.3 is 6.09 Å². The Morgan fingerprint density at radius 3 is 2.72 bits per heavy atom. The maximum atomic E-state index is 14.5. The average molecular weight is 397 g/mol. The number of hydrogen-bond acceptors (Lipinski definition) is 5. The van der Waals surface area contributed by atoms with Gasteiger partial charge in [0, 0.05) is 30.4 Å². The van der Waals surface area contributed by atoms with Gasteiger partial charge in [-0.2, -0.15) is 0 Å². The van der Waals surface area contributed by atoms with Gasteiger partial charge in [-0.05, 0) is 51.0 Å². The fourth-order valence-corrected chi connectivity index (χ4v) is 3.30. The van der Waals surface area contributed by atoms with Crippen LogP contribution in [0, 0.1) is 11.7 Å². The molecular formula is C21H24FN5O2. The standard InChI is InChI=1S/C21H24FN5O2/c1-13-10-26(11-13)16-7-14-12-27(25-19(14)23-9-16)18-8-15(5-6-17(18)22)24-20(28)29-21(2,3)4/h5-9,12-13H,10-11H2,1-4H3,(H,24,28). The molecule has 1 saturated heterocycles. The molecule has 1 amide bonds. The van der Waals surface area contributed by atoms with Crippen LogP contribution in [0.25, 0.3) is 16.7 Å². The molecule has 0 spiro atoms. The largest absolute Gasteiger partial charge is 0.444 e. The number of benzene rings is 1. The van der Waals surface area contributed by atoms with Gasteiger partial charge in [0.05, 0.1) is 11.9 Å². The molecule has 29 heavy (non-hydrogen) atoms.